The molecule has 9 nitrogen and oxygen atoms in total. The van der Waals surface area contributed by atoms with Crippen LogP contribution in [-0.2, 0) is 16.7 Å². The van der Waals surface area contributed by atoms with Crippen LogP contribution in [0.15, 0.2) is 33.1 Å². The highest BCUT2D eigenvalue weighted by Gasteiger charge is 2.16. The first kappa shape index (κ1) is 17.9. The van der Waals surface area contributed by atoms with Crippen LogP contribution < -0.4 is 22.5 Å². The zero-order chi connectivity index (χ0) is 16.9. The molecule has 0 spiro atoms. The van der Waals surface area contributed by atoms with Gasteiger partial charge in [0.2, 0.25) is 5.96 Å². The second kappa shape index (κ2) is 7.20. The largest absolute Gasteiger partial charge is 0.370 e. The lowest BCUT2D eigenvalue weighted by molar-refractivity contribution is 0.480. The van der Waals surface area contributed by atoms with Gasteiger partial charge in [0.05, 0.1) is 5.69 Å². The Hall–Kier alpha value is -2.17. The van der Waals surface area contributed by atoms with E-state index in [-0.39, 0.29) is 35.1 Å². The summed E-state index contributed by atoms with van der Waals surface area (Å²) < 4.78 is 32.3. The number of rotatable bonds is 5. The average Bonchev–Trinajstić information content (AvgIpc) is 2.34. The fourth-order valence-electron chi connectivity index (χ4n) is 1.60. The number of aliphatic imine (C=N–C) groups is 2. The van der Waals surface area contributed by atoms with Crippen molar-refractivity contribution in [3.8, 4) is 0 Å². The molecule has 122 valence electrons. The van der Waals surface area contributed by atoms with Gasteiger partial charge in [0, 0.05) is 12.6 Å². The van der Waals surface area contributed by atoms with Gasteiger partial charge in [-0.1, -0.05) is 19.9 Å². The van der Waals surface area contributed by atoms with Crippen LogP contribution in [0, 0.1) is 0 Å². The SMILES string of the molecule is CC(C)NCc1ccc(N=C(N)N=C(N)N)cc1S(=O)(=O)O. The van der Waals surface area contributed by atoms with Crippen LogP contribution in [0.1, 0.15) is 19.4 Å². The molecular formula is C12H20N6O3S. The molecule has 0 saturated heterocycles. The molecule has 0 fully saturated rings. The van der Waals surface area contributed by atoms with Crippen LogP contribution in [0.2, 0.25) is 0 Å². The molecule has 0 aliphatic heterocycles. The molecule has 0 amide bonds. The fourth-order valence-corrected chi connectivity index (χ4v) is 2.34. The molecule has 0 unspecified atom stereocenters. The van der Waals surface area contributed by atoms with Crippen molar-refractivity contribution in [3.63, 3.8) is 0 Å². The van der Waals surface area contributed by atoms with E-state index < -0.39 is 10.1 Å². The first-order valence-corrected chi connectivity index (χ1v) is 7.81. The van der Waals surface area contributed by atoms with Gasteiger partial charge in [-0.2, -0.15) is 13.4 Å². The molecule has 0 saturated carbocycles. The quantitative estimate of drug-likeness (QED) is 0.279. The average molecular weight is 328 g/mol. The summed E-state index contributed by atoms with van der Waals surface area (Å²) in [7, 11) is -4.40. The maximum atomic E-state index is 11.5. The number of nitrogens with zero attached hydrogens (tertiary/aromatic N) is 2. The molecule has 10 heteroatoms. The number of guanidine groups is 2. The zero-order valence-corrected chi connectivity index (χ0v) is 13.1. The van der Waals surface area contributed by atoms with E-state index in [1.165, 1.54) is 12.1 Å². The van der Waals surface area contributed by atoms with Crippen molar-refractivity contribution in [1.82, 2.24) is 5.32 Å². The van der Waals surface area contributed by atoms with Crippen molar-refractivity contribution >= 4 is 27.7 Å². The Morgan fingerprint density at radius 1 is 1.32 bits per heavy atom. The van der Waals surface area contributed by atoms with E-state index in [0.29, 0.717) is 5.56 Å². The van der Waals surface area contributed by atoms with Gasteiger partial charge in [0.1, 0.15) is 4.90 Å². The van der Waals surface area contributed by atoms with Crippen LogP contribution in [0.3, 0.4) is 0 Å². The Bertz CT molecular complexity index is 693. The first-order chi connectivity index (χ1) is 10.1. The van der Waals surface area contributed by atoms with Crippen molar-refractivity contribution in [3.05, 3.63) is 23.8 Å². The van der Waals surface area contributed by atoms with E-state index in [0.717, 1.165) is 0 Å². The van der Waals surface area contributed by atoms with Gasteiger partial charge in [-0.3, -0.25) is 4.55 Å². The Morgan fingerprint density at radius 2 is 1.95 bits per heavy atom. The highest BCUT2D eigenvalue weighted by atomic mass is 32.2. The normalized spacial score (nSPS) is 12.5. The smallest absolute Gasteiger partial charge is 0.294 e. The molecule has 1 aromatic carbocycles. The predicted octanol–water partition coefficient (Wildman–Crippen LogP) is -0.349. The van der Waals surface area contributed by atoms with Crippen molar-refractivity contribution in [2.75, 3.05) is 0 Å². The third kappa shape index (κ3) is 5.68. The summed E-state index contributed by atoms with van der Waals surface area (Å²) in [5, 5.41) is 3.07. The maximum absolute atomic E-state index is 11.5. The Balaban J connectivity index is 3.24. The van der Waals surface area contributed by atoms with Crippen molar-refractivity contribution in [1.29, 1.82) is 0 Å². The molecule has 0 bridgehead atoms. The lowest BCUT2D eigenvalue weighted by atomic mass is 10.2. The minimum absolute atomic E-state index is 0.157. The van der Waals surface area contributed by atoms with E-state index in [2.05, 4.69) is 15.3 Å². The van der Waals surface area contributed by atoms with Crippen LogP contribution in [0.25, 0.3) is 0 Å². The molecule has 8 N–H and O–H groups in total. The van der Waals surface area contributed by atoms with Gasteiger partial charge < -0.3 is 22.5 Å². The zero-order valence-electron chi connectivity index (χ0n) is 12.3. The highest BCUT2D eigenvalue weighted by molar-refractivity contribution is 7.85. The van der Waals surface area contributed by atoms with E-state index in [1.807, 2.05) is 13.8 Å². The van der Waals surface area contributed by atoms with Crippen molar-refractivity contribution < 1.29 is 13.0 Å². The number of nitrogens with one attached hydrogen (secondary N) is 1. The van der Waals surface area contributed by atoms with Gasteiger partial charge >= 0.3 is 0 Å². The van der Waals surface area contributed by atoms with Crippen molar-refractivity contribution in [2.45, 2.75) is 31.3 Å². The lowest BCUT2D eigenvalue weighted by Crippen LogP contribution is -2.26. The Kier molecular flexibility index (Phi) is 5.85. The molecule has 22 heavy (non-hydrogen) atoms. The number of nitrogens with two attached hydrogens (primary N) is 3. The van der Waals surface area contributed by atoms with E-state index in [1.54, 1.807) is 6.07 Å². The molecule has 0 aliphatic carbocycles. The molecule has 1 aromatic rings. The molecule has 0 aliphatic rings. The minimum Gasteiger partial charge on any atom is -0.370 e. The fraction of sp³-hybridized carbons (Fsp3) is 0.333. The minimum atomic E-state index is -4.40. The van der Waals surface area contributed by atoms with Crippen LogP contribution in [0.5, 0.6) is 0 Å². The van der Waals surface area contributed by atoms with Crippen LogP contribution in [-0.4, -0.2) is 30.9 Å². The molecular weight excluding hydrogens is 308 g/mol. The number of hydrogen-bond donors (Lipinski definition) is 5. The summed E-state index contributed by atoms with van der Waals surface area (Å²) in [4.78, 5) is 7.13. The van der Waals surface area contributed by atoms with E-state index >= 15 is 0 Å². The molecule has 0 atom stereocenters. The molecule has 0 aromatic heterocycles. The highest BCUT2D eigenvalue weighted by Crippen LogP contribution is 2.23. The summed E-state index contributed by atoms with van der Waals surface area (Å²) in [5.41, 5.74) is 16.4. The van der Waals surface area contributed by atoms with Gasteiger partial charge in [0.25, 0.3) is 10.1 Å². The standard InChI is InChI=1S/C12H20N6O3S/c1-7(2)16-6-8-3-4-9(5-10(8)22(19,20)21)17-12(15)18-11(13)14/h3-5,7,16H,6H2,1-2H3,(H,19,20,21)(H6,13,14,15,17,18). The maximum Gasteiger partial charge on any atom is 0.294 e. The monoisotopic (exact) mass is 328 g/mol. The van der Waals surface area contributed by atoms with Crippen LogP contribution in [0.4, 0.5) is 5.69 Å². The second-order valence-corrected chi connectivity index (χ2v) is 6.20. The third-order valence-electron chi connectivity index (χ3n) is 2.52. The van der Waals surface area contributed by atoms with E-state index in [9.17, 15) is 13.0 Å². The third-order valence-corrected chi connectivity index (χ3v) is 3.45. The van der Waals surface area contributed by atoms with Gasteiger partial charge in [-0.25, -0.2) is 4.99 Å². The Morgan fingerprint density at radius 3 is 2.45 bits per heavy atom. The molecule has 1 rings (SSSR count). The first-order valence-electron chi connectivity index (χ1n) is 6.37. The summed E-state index contributed by atoms with van der Waals surface area (Å²) in [6.45, 7) is 4.11. The summed E-state index contributed by atoms with van der Waals surface area (Å²) >= 11 is 0. The molecule has 0 heterocycles. The van der Waals surface area contributed by atoms with Crippen LogP contribution >= 0.6 is 0 Å². The number of benzene rings is 1. The Labute approximate surface area is 129 Å². The topological polar surface area (TPSA) is 169 Å². The predicted molar refractivity (Wildman–Crippen MR) is 85.3 cm³/mol. The summed E-state index contributed by atoms with van der Waals surface area (Å²) in [6, 6.07) is 4.42. The van der Waals surface area contributed by atoms with Gasteiger partial charge in [-0.05, 0) is 17.7 Å². The summed E-state index contributed by atoms with van der Waals surface area (Å²) in [6.07, 6.45) is 0. The second-order valence-electron chi connectivity index (χ2n) is 4.81. The van der Waals surface area contributed by atoms with Crippen molar-refractivity contribution in [2.24, 2.45) is 27.2 Å². The number of hydrogen-bond acceptors (Lipinski definition) is 4. The summed E-state index contributed by atoms with van der Waals surface area (Å²) in [5.74, 6) is -0.497. The van der Waals surface area contributed by atoms with Gasteiger partial charge in [-0.15, -0.1) is 0 Å². The van der Waals surface area contributed by atoms with E-state index in [4.69, 9.17) is 17.2 Å². The lowest BCUT2D eigenvalue weighted by Gasteiger charge is -2.11. The van der Waals surface area contributed by atoms with Gasteiger partial charge in [0.15, 0.2) is 5.96 Å². The molecule has 0 radical (unpaired) electrons.